The van der Waals surface area contributed by atoms with Crippen molar-refractivity contribution >= 4 is 41.3 Å². The summed E-state index contributed by atoms with van der Waals surface area (Å²) in [6, 6.07) is 10.8. The number of carbonyl (C=O) groups is 5. The highest BCUT2D eigenvalue weighted by molar-refractivity contribution is 6.02. The summed E-state index contributed by atoms with van der Waals surface area (Å²) in [6.45, 7) is 1.33. The van der Waals surface area contributed by atoms with Crippen LogP contribution in [0, 0.1) is 12.8 Å². The van der Waals surface area contributed by atoms with Crippen molar-refractivity contribution in [3.63, 3.8) is 0 Å². The number of nitrogens with zero attached hydrogens (tertiary/aromatic N) is 2. The van der Waals surface area contributed by atoms with E-state index in [-0.39, 0.29) is 18.4 Å². The predicted molar refractivity (Wildman–Crippen MR) is 141 cm³/mol. The van der Waals surface area contributed by atoms with Crippen LogP contribution in [0.25, 0.3) is 0 Å². The second kappa shape index (κ2) is 13.1. The SMILES string of the molecule is COc1cc(C(=O)N2CCC(CNC(=O)N(CC(=O)O)CC(=O)O)C2)ccc1NC(=O)Nc1ccccc1C. The molecule has 39 heavy (non-hydrogen) atoms. The van der Waals surface area contributed by atoms with Gasteiger partial charge in [-0.3, -0.25) is 14.4 Å². The van der Waals surface area contributed by atoms with Gasteiger partial charge in [-0.2, -0.15) is 0 Å². The van der Waals surface area contributed by atoms with E-state index < -0.39 is 37.1 Å². The van der Waals surface area contributed by atoms with Gasteiger partial charge in [0.25, 0.3) is 5.91 Å². The van der Waals surface area contributed by atoms with E-state index in [2.05, 4.69) is 16.0 Å². The Labute approximate surface area is 224 Å². The van der Waals surface area contributed by atoms with Crippen LogP contribution in [0.3, 0.4) is 0 Å². The Morgan fingerprint density at radius 3 is 2.31 bits per heavy atom. The quantitative estimate of drug-likeness (QED) is 0.304. The average molecular weight is 542 g/mol. The van der Waals surface area contributed by atoms with Crippen molar-refractivity contribution in [2.45, 2.75) is 13.3 Å². The van der Waals surface area contributed by atoms with Crippen molar-refractivity contribution in [1.29, 1.82) is 0 Å². The molecular weight excluding hydrogens is 510 g/mol. The van der Waals surface area contributed by atoms with Gasteiger partial charge in [-0.15, -0.1) is 0 Å². The molecule has 13 heteroatoms. The van der Waals surface area contributed by atoms with Gasteiger partial charge in [-0.25, -0.2) is 9.59 Å². The fourth-order valence-corrected chi connectivity index (χ4v) is 4.15. The first-order chi connectivity index (χ1) is 18.6. The third kappa shape index (κ3) is 8.09. The Kier molecular flexibility index (Phi) is 9.68. The molecule has 1 heterocycles. The van der Waals surface area contributed by atoms with Crippen molar-refractivity contribution in [1.82, 2.24) is 15.1 Å². The molecule has 1 unspecified atom stereocenters. The number of hydrogen-bond acceptors (Lipinski definition) is 6. The summed E-state index contributed by atoms with van der Waals surface area (Å²) in [5.41, 5.74) is 2.31. The Hall–Kier alpha value is -4.81. The van der Waals surface area contributed by atoms with Gasteiger partial charge in [-0.1, -0.05) is 18.2 Å². The number of carboxylic acids is 2. The molecule has 0 spiro atoms. The highest BCUT2D eigenvalue weighted by atomic mass is 16.5. The molecule has 1 fully saturated rings. The lowest BCUT2D eigenvalue weighted by atomic mass is 10.1. The maximum atomic E-state index is 13.1. The summed E-state index contributed by atoms with van der Waals surface area (Å²) >= 11 is 0. The van der Waals surface area contributed by atoms with E-state index >= 15 is 0 Å². The van der Waals surface area contributed by atoms with Crippen LogP contribution < -0.4 is 20.7 Å². The van der Waals surface area contributed by atoms with E-state index in [0.29, 0.717) is 47.1 Å². The summed E-state index contributed by atoms with van der Waals surface area (Å²) in [6.07, 6.45) is 0.597. The number of methoxy groups -OCH3 is 1. The van der Waals surface area contributed by atoms with Crippen LogP contribution in [-0.4, -0.2) is 89.8 Å². The highest BCUT2D eigenvalue weighted by Crippen LogP contribution is 2.28. The Morgan fingerprint density at radius 1 is 1.00 bits per heavy atom. The zero-order valence-corrected chi connectivity index (χ0v) is 21.6. The van der Waals surface area contributed by atoms with Crippen molar-refractivity contribution in [2.75, 3.05) is 50.5 Å². The van der Waals surface area contributed by atoms with Crippen LogP contribution in [0.1, 0.15) is 22.3 Å². The van der Waals surface area contributed by atoms with Gasteiger partial charge in [-0.05, 0) is 49.1 Å². The monoisotopic (exact) mass is 541 g/mol. The van der Waals surface area contributed by atoms with Crippen LogP contribution in [0.2, 0.25) is 0 Å². The predicted octanol–water partition coefficient (Wildman–Crippen LogP) is 2.29. The van der Waals surface area contributed by atoms with Crippen molar-refractivity contribution in [3.05, 3.63) is 53.6 Å². The number of rotatable bonds is 10. The standard InChI is InChI=1S/C26H31N5O8/c1-16-5-3-4-6-19(16)28-25(37)29-20-8-7-18(11-21(20)39-2)24(36)30-10-9-17(13-30)12-27-26(38)31(14-22(32)33)15-23(34)35/h3-8,11,17H,9-10,12-15H2,1-2H3,(H,27,38)(H,32,33)(H,34,35)(H2,28,29,37). The average Bonchev–Trinajstić information content (AvgIpc) is 3.36. The van der Waals surface area contributed by atoms with E-state index in [1.165, 1.54) is 13.2 Å². The first-order valence-corrected chi connectivity index (χ1v) is 12.1. The minimum absolute atomic E-state index is 0.0950. The topological polar surface area (TPSA) is 178 Å². The Morgan fingerprint density at radius 2 is 1.67 bits per heavy atom. The second-order valence-corrected chi connectivity index (χ2v) is 9.04. The van der Waals surface area contributed by atoms with E-state index in [1.807, 2.05) is 25.1 Å². The summed E-state index contributed by atoms with van der Waals surface area (Å²) in [4.78, 5) is 62.0. The van der Waals surface area contributed by atoms with Gasteiger partial charge in [0.2, 0.25) is 0 Å². The molecule has 2 aromatic carbocycles. The first kappa shape index (κ1) is 28.8. The van der Waals surface area contributed by atoms with Crippen LogP contribution in [0.4, 0.5) is 21.0 Å². The molecule has 1 atom stereocenters. The molecule has 13 nitrogen and oxygen atoms in total. The molecule has 0 radical (unpaired) electrons. The molecule has 0 saturated carbocycles. The molecule has 2 aromatic rings. The van der Waals surface area contributed by atoms with Crippen LogP contribution in [-0.2, 0) is 9.59 Å². The molecule has 3 rings (SSSR count). The van der Waals surface area contributed by atoms with Gasteiger partial charge in [0.05, 0.1) is 12.8 Å². The summed E-state index contributed by atoms with van der Waals surface area (Å²) in [7, 11) is 1.43. The Balaban J connectivity index is 1.56. The molecule has 0 aromatic heterocycles. The van der Waals surface area contributed by atoms with Gasteiger partial charge in [0.1, 0.15) is 18.8 Å². The summed E-state index contributed by atoms with van der Waals surface area (Å²) in [5.74, 6) is -2.69. The number of anilines is 2. The summed E-state index contributed by atoms with van der Waals surface area (Å²) in [5, 5.41) is 25.9. The molecule has 0 aliphatic carbocycles. The number of carboxylic acid groups (broad SMARTS) is 2. The lowest BCUT2D eigenvalue weighted by Crippen LogP contribution is -2.46. The smallest absolute Gasteiger partial charge is 0.323 e. The van der Waals surface area contributed by atoms with Crippen LogP contribution in [0.15, 0.2) is 42.5 Å². The molecule has 1 aliphatic rings. The lowest BCUT2D eigenvalue weighted by molar-refractivity contribution is -0.140. The van der Waals surface area contributed by atoms with Crippen LogP contribution >= 0.6 is 0 Å². The number of aryl methyl sites for hydroxylation is 1. The van der Waals surface area contributed by atoms with Gasteiger partial charge >= 0.3 is 24.0 Å². The Bertz CT molecular complexity index is 1230. The number of carbonyl (C=O) groups excluding carboxylic acids is 3. The third-order valence-corrected chi connectivity index (χ3v) is 6.14. The molecular formula is C26H31N5O8. The number of para-hydroxylation sites is 1. The van der Waals surface area contributed by atoms with Crippen molar-refractivity contribution in [2.24, 2.45) is 5.92 Å². The molecule has 1 saturated heterocycles. The van der Waals surface area contributed by atoms with E-state index in [1.54, 1.807) is 23.1 Å². The number of benzene rings is 2. The molecule has 1 aliphatic heterocycles. The van der Waals surface area contributed by atoms with E-state index in [9.17, 15) is 24.0 Å². The van der Waals surface area contributed by atoms with Gasteiger partial charge < -0.3 is 40.7 Å². The molecule has 208 valence electrons. The lowest BCUT2D eigenvalue weighted by Gasteiger charge is -2.21. The fourth-order valence-electron chi connectivity index (χ4n) is 4.15. The number of likely N-dealkylation sites (tertiary alicyclic amines) is 1. The fraction of sp³-hybridized carbons (Fsp3) is 0.346. The van der Waals surface area contributed by atoms with Gasteiger partial charge in [0, 0.05) is 30.9 Å². The number of urea groups is 2. The number of amides is 5. The minimum Gasteiger partial charge on any atom is -0.495 e. The first-order valence-electron chi connectivity index (χ1n) is 12.1. The second-order valence-electron chi connectivity index (χ2n) is 9.04. The van der Waals surface area contributed by atoms with Crippen molar-refractivity contribution < 1.29 is 38.9 Å². The highest BCUT2D eigenvalue weighted by Gasteiger charge is 2.29. The van der Waals surface area contributed by atoms with Crippen LogP contribution in [0.5, 0.6) is 5.75 Å². The maximum Gasteiger partial charge on any atom is 0.323 e. The zero-order valence-electron chi connectivity index (χ0n) is 21.6. The third-order valence-electron chi connectivity index (χ3n) is 6.14. The molecule has 5 N–H and O–H groups in total. The summed E-state index contributed by atoms with van der Waals surface area (Å²) < 4.78 is 5.39. The maximum absolute atomic E-state index is 13.1. The normalized spacial score (nSPS) is 14.3. The number of nitrogens with one attached hydrogen (secondary N) is 3. The number of ether oxygens (including phenoxy) is 1. The van der Waals surface area contributed by atoms with Crippen molar-refractivity contribution in [3.8, 4) is 5.75 Å². The van der Waals surface area contributed by atoms with E-state index in [0.717, 1.165) is 5.56 Å². The van der Waals surface area contributed by atoms with Gasteiger partial charge in [0.15, 0.2) is 0 Å². The zero-order chi connectivity index (χ0) is 28.5. The largest absolute Gasteiger partial charge is 0.495 e. The molecule has 5 amide bonds. The minimum atomic E-state index is -1.33. The number of aliphatic carboxylic acids is 2. The molecule has 0 bridgehead atoms. The van der Waals surface area contributed by atoms with E-state index in [4.69, 9.17) is 14.9 Å². The number of hydrogen-bond donors (Lipinski definition) is 5.